The Labute approximate surface area is 170 Å². The van der Waals surface area contributed by atoms with Crippen molar-refractivity contribution in [1.82, 2.24) is 9.80 Å². The number of halogens is 4. The molecule has 1 heterocycles. The van der Waals surface area contributed by atoms with Crippen molar-refractivity contribution in [3.63, 3.8) is 0 Å². The van der Waals surface area contributed by atoms with Crippen LogP contribution < -0.4 is 0 Å². The van der Waals surface area contributed by atoms with Crippen LogP contribution in [-0.2, 0) is 0 Å². The second kappa shape index (κ2) is 12.3. The summed E-state index contributed by atoms with van der Waals surface area (Å²) in [6.07, 6.45) is 0. The van der Waals surface area contributed by atoms with Crippen LogP contribution in [0.2, 0.25) is 0 Å². The van der Waals surface area contributed by atoms with Gasteiger partial charge in [-0.2, -0.15) is 0 Å². The molecule has 1 aromatic carbocycles. The van der Waals surface area contributed by atoms with E-state index in [1.807, 2.05) is 11.9 Å². The number of nitrogens with zero attached hydrogens (tertiary/aromatic N) is 3. The zero-order valence-corrected chi connectivity index (χ0v) is 16.6. The van der Waals surface area contributed by atoms with Gasteiger partial charge in [-0.3, -0.25) is 19.8 Å². The Hall–Kier alpha value is -1.03. The summed E-state index contributed by atoms with van der Waals surface area (Å²) in [5.74, 6) is -1.81. The van der Waals surface area contributed by atoms with E-state index >= 15 is 0 Å². The van der Waals surface area contributed by atoms with Crippen LogP contribution in [0.1, 0.15) is 10.4 Å². The lowest BCUT2D eigenvalue weighted by molar-refractivity contribution is -0.386. The maximum atomic E-state index is 12.2. The lowest BCUT2D eigenvalue weighted by Crippen LogP contribution is -2.46. The number of carbonyl (C=O) groups is 1. The van der Waals surface area contributed by atoms with Crippen molar-refractivity contribution in [2.75, 3.05) is 39.8 Å². The first-order valence-electron chi connectivity index (χ1n) is 6.53. The van der Waals surface area contributed by atoms with Crippen LogP contribution in [0.5, 0.6) is 11.5 Å². The third-order valence-electron chi connectivity index (χ3n) is 3.55. The van der Waals surface area contributed by atoms with E-state index in [1.165, 1.54) is 0 Å². The van der Waals surface area contributed by atoms with E-state index in [1.54, 1.807) is 0 Å². The molecule has 0 bridgehead atoms. The van der Waals surface area contributed by atoms with Crippen LogP contribution in [0.25, 0.3) is 0 Å². The molecule has 0 unspecified atom stereocenters. The molecule has 1 aromatic rings. The van der Waals surface area contributed by atoms with Gasteiger partial charge in [0.2, 0.25) is 5.75 Å². The number of phenols is 2. The Morgan fingerprint density at radius 1 is 1.12 bits per heavy atom. The zero-order valence-electron chi connectivity index (χ0n) is 13.3. The minimum absolute atomic E-state index is 0. The molecule has 0 atom stereocenters. The van der Waals surface area contributed by atoms with Crippen LogP contribution >= 0.6 is 49.6 Å². The molecule has 0 aliphatic carbocycles. The van der Waals surface area contributed by atoms with Gasteiger partial charge in [0.05, 0.1) is 11.5 Å². The molecule has 0 radical (unpaired) electrons. The van der Waals surface area contributed by atoms with Crippen LogP contribution in [0.4, 0.5) is 5.69 Å². The van der Waals surface area contributed by atoms with Gasteiger partial charge in [-0.15, -0.1) is 49.6 Å². The molecule has 8 nitrogen and oxygen atoms in total. The number of rotatable bonds is 4. The lowest BCUT2D eigenvalue weighted by Gasteiger charge is -2.31. The fourth-order valence-electron chi connectivity index (χ4n) is 2.20. The highest BCUT2D eigenvalue weighted by molar-refractivity contribution is 5.99. The van der Waals surface area contributed by atoms with E-state index in [0.29, 0.717) is 0 Å². The van der Waals surface area contributed by atoms with Gasteiger partial charge >= 0.3 is 5.69 Å². The number of carbonyl (C=O) groups excluding carboxylic acids is 1. The van der Waals surface area contributed by atoms with Gasteiger partial charge in [-0.25, -0.2) is 0 Å². The number of ketones is 1. The highest BCUT2D eigenvalue weighted by atomic mass is 35.5. The Morgan fingerprint density at radius 3 is 2.12 bits per heavy atom. The number of Topliss-reactive ketones (excluding diaryl/α,β-unsaturated/α-hetero) is 1. The summed E-state index contributed by atoms with van der Waals surface area (Å²) >= 11 is 0. The average Bonchev–Trinajstić information content (AvgIpc) is 2.43. The van der Waals surface area contributed by atoms with E-state index in [9.17, 15) is 25.1 Å². The van der Waals surface area contributed by atoms with E-state index < -0.39 is 22.1 Å². The summed E-state index contributed by atoms with van der Waals surface area (Å²) in [5, 5.41) is 29.7. The van der Waals surface area contributed by atoms with Crippen molar-refractivity contribution in [1.29, 1.82) is 0 Å². The standard InChI is InChI=1S/C13H17N3O5.4ClH/c1-14-2-4-15(5-3-14)8-12(18)9-6-10(16(20)21)13(19)11(17)7-9;;;;/h6-7,17,19H,2-5,8H2,1H3;4*1H. The number of phenolic OH excluding ortho intramolecular Hbond substituents is 2. The maximum absolute atomic E-state index is 12.2. The lowest BCUT2D eigenvalue weighted by atomic mass is 10.1. The fourth-order valence-corrected chi connectivity index (χ4v) is 2.20. The molecule has 0 amide bonds. The monoisotopic (exact) mass is 439 g/mol. The quantitative estimate of drug-likeness (QED) is 0.319. The molecular formula is C13H21Cl4N3O5. The van der Waals surface area contributed by atoms with E-state index in [4.69, 9.17) is 0 Å². The molecule has 25 heavy (non-hydrogen) atoms. The number of hydrogen-bond acceptors (Lipinski definition) is 7. The number of likely N-dealkylation sites (N-methyl/N-ethyl adjacent to an activating group) is 1. The largest absolute Gasteiger partial charge is 0.504 e. The highest BCUT2D eigenvalue weighted by Crippen LogP contribution is 2.36. The summed E-state index contributed by atoms with van der Waals surface area (Å²) in [6, 6.07) is 2.05. The topological polar surface area (TPSA) is 107 Å². The van der Waals surface area contributed by atoms with Gasteiger partial charge in [0, 0.05) is 37.8 Å². The summed E-state index contributed by atoms with van der Waals surface area (Å²) in [6.45, 7) is 3.33. The third-order valence-corrected chi connectivity index (χ3v) is 3.55. The Balaban J connectivity index is -0.00000121. The normalized spacial score (nSPS) is 14.1. The van der Waals surface area contributed by atoms with E-state index in [-0.39, 0.29) is 67.5 Å². The zero-order chi connectivity index (χ0) is 15.6. The van der Waals surface area contributed by atoms with Crippen LogP contribution in [-0.4, -0.2) is 70.5 Å². The van der Waals surface area contributed by atoms with Gasteiger partial charge in [-0.05, 0) is 13.1 Å². The summed E-state index contributed by atoms with van der Waals surface area (Å²) < 4.78 is 0. The number of aromatic hydroxyl groups is 2. The number of nitro groups is 1. The highest BCUT2D eigenvalue weighted by Gasteiger charge is 2.23. The molecule has 1 saturated heterocycles. The van der Waals surface area contributed by atoms with Gasteiger partial charge in [0.1, 0.15) is 0 Å². The summed E-state index contributed by atoms with van der Waals surface area (Å²) in [7, 11) is 2.00. The molecule has 0 spiro atoms. The number of piperazine rings is 1. The van der Waals surface area contributed by atoms with Gasteiger partial charge in [-0.1, -0.05) is 0 Å². The predicted molar refractivity (Wildman–Crippen MR) is 104 cm³/mol. The van der Waals surface area contributed by atoms with Crippen molar-refractivity contribution in [3.8, 4) is 11.5 Å². The first-order chi connectivity index (χ1) is 9.88. The minimum atomic E-state index is -0.832. The smallest absolute Gasteiger partial charge is 0.315 e. The van der Waals surface area contributed by atoms with Gasteiger partial charge in [0.15, 0.2) is 11.5 Å². The van der Waals surface area contributed by atoms with Crippen molar-refractivity contribution in [3.05, 3.63) is 27.8 Å². The number of nitro benzene ring substituents is 1. The second-order valence-corrected chi connectivity index (χ2v) is 5.12. The van der Waals surface area contributed by atoms with Crippen molar-refractivity contribution in [2.24, 2.45) is 0 Å². The first-order valence-corrected chi connectivity index (χ1v) is 6.53. The Bertz CT molecular complexity index is 583. The molecule has 12 heteroatoms. The SMILES string of the molecule is CN1CCN(CC(=O)c2cc(O)c(O)c([N+](=O)[O-])c2)CC1.Cl.Cl.Cl.Cl. The Morgan fingerprint density at radius 2 is 1.64 bits per heavy atom. The van der Waals surface area contributed by atoms with Crippen LogP contribution in [0.3, 0.4) is 0 Å². The first kappa shape index (κ1) is 28.8. The van der Waals surface area contributed by atoms with Crippen molar-refractivity contribution >= 4 is 61.1 Å². The van der Waals surface area contributed by atoms with E-state index in [0.717, 1.165) is 38.3 Å². The molecule has 2 rings (SSSR count). The van der Waals surface area contributed by atoms with Crippen molar-refractivity contribution < 1.29 is 19.9 Å². The van der Waals surface area contributed by atoms with Gasteiger partial charge < -0.3 is 15.1 Å². The fraction of sp³-hybridized carbons (Fsp3) is 0.462. The third kappa shape index (κ3) is 7.39. The maximum Gasteiger partial charge on any atom is 0.315 e. The molecule has 2 N–H and O–H groups in total. The van der Waals surface area contributed by atoms with Crippen LogP contribution in [0, 0.1) is 10.1 Å². The second-order valence-electron chi connectivity index (χ2n) is 5.12. The minimum Gasteiger partial charge on any atom is -0.504 e. The van der Waals surface area contributed by atoms with E-state index in [2.05, 4.69) is 4.90 Å². The molecule has 146 valence electrons. The predicted octanol–water partition coefficient (Wildman–Crippen LogP) is 2.12. The number of hydrogen-bond donors (Lipinski definition) is 2. The molecule has 0 saturated carbocycles. The molecule has 1 aliphatic heterocycles. The molecular weight excluding hydrogens is 420 g/mol. The Kier molecular flexibility index (Phi) is 14.2. The molecule has 1 fully saturated rings. The van der Waals surface area contributed by atoms with Crippen molar-refractivity contribution in [2.45, 2.75) is 0 Å². The summed E-state index contributed by atoms with van der Waals surface area (Å²) in [4.78, 5) is 26.2. The van der Waals surface area contributed by atoms with Gasteiger partial charge in [0.25, 0.3) is 0 Å². The molecule has 0 aromatic heterocycles. The van der Waals surface area contributed by atoms with Crippen LogP contribution in [0.15, 0.2) is 12.1 Å². The molecule has 1 aliphatic rings. The average molecular weight is 441 g/mol. The summed E-state index contributed by atoms with van der Waals surface area (Å²) in [5.41, 5.74) is -0.646. The number of benzene rings is 1.